The second-order valence-corrected chi connectivity index (χ2v) is 6.40. The number of aromatic nitrogens is 1. The first-order valence-corrected chi connectivity index (χ1v) is 8.51. The molecule has 0 saturated heterocycles. The van der Waals surface area contributed by atoms with Gasteiger partial charge >= 0.3 is 0 Å². The predicted molar refractivity (Wildman–Crippen MR) is 92.3 cm³/mol. The zero-order valence-corrected chi connectivity index (χ0v) is 13.5. The minimum Gasteiger partial charge on any atom is -0.317 e. The fraction of sp³-hybridized carbons (Fsp3) is 0.118. The van der Waals surface area contributed by atoms with Crippen LogP contribution in [0.5, 0.6) is 0 Å². The van der Waals surface area contributed by atoms with E-state index in [1.54, 1.807) is 25.6 Å². The molecule has 0 aliphatic carbocycles. The molecular formula is C17H15FN2O2S. The first-order valence-electron chi connectivity index (χ1n) is 6.95. The number of nitrogens with one attached hydrogen (secondary N) is 1. The molecule has 0 spiro atoms. The van der Waals surface area contributed by atoms with E-state index in [1.807, 2.05) is 24.3 Å². The Morgan fingerprint density at radius 3 is 2.65 bits per heavy atom. The Morgan fingerprint density at radius 2 is 1.91 bits per heavy atom. The lowest BCUT2D eigenvalue weighted by molar-refractivity contribution is 0.629. The van der Waals surface area contributed by atoms with Crippen LogP contribution in [0.2, 0.25) is 0 Å². The Bertz CT molecular complexity index is 982. The Balaban J connectivity index is 2.26. The summed E-state index contributed by atoms with van der Waals surface area (Å²) in [5, 5.41) is 1.02. The van der Waals surface area contributed by atoms with Gasteiger partial charge in [-0.1, -0.05) is 18.2 Å². The lowest BCUT2D eigenvalue weighted by Gasteiger charge is -2.11. The van der Waals surface area contributed by atoms with Gasteiger partial charge in [-0.05, 0) is 35.2 Å². The van der Waals surface area contributed by atoms with Gasteiger partial charge in [-0.25, -0.2) is 8.60 Å². The first kappa shape index (κ1) is 15.4. The summed E-state index contributed by atoms with van der Waals surface area (Å²) in [6.45, 7) is 0. The largest absolute Gasteiger partial charge is 0.317 e. The molecule has 23 heavy (non-hydrogen) atoms. The summed E-state index contributed by atoms with van der Waals surface area (Å²) in [5.74, 6) is -0.441. The number of nitrogens with zero attached hydrogens (tertiary/aromatic N) is 1. The minimum absolute atomic E-state index is 0.243. The van der Waals surface area contributed by atoms with Crippen LogP contribution in [0.25, 0.3) is 21.9 Å². The van der Waals surface area contributed by atoms with Gasteiger partial charge in [0, 0.05) is 30.8 Å². The van der Waals surface area contributed by atoms with Crippen LogP contribution in [0.1, 0.15) is 0 Å². The monoisotopic (exact) mass is 330 g/mol. The van der Waals surface area contributed by atoms with Crippen molar-refractivity contribution in [3.63, 3.8) is 0 Å². The number of halogens is 1. The van der Waals surface area contributed by atoms with E-state index in [9.17, 15) is 13.4 Å². The highest BCUT2D eigenvalue weighted by Gasteiger charge is 2.10. The van der Waals surface area contributed by atoms with Crippen LogP contribution in [-0.4, -0.2) is 15.0 Å². The maximum absolute atomic E-state index is 13.5. The molecule has 1 N–H and O–H groups in total. The molecule has 6 heteroatoms. The molecule has 1 heterocycles. The third kappa shape index (κ3) is 3.03. The van der Waals surface area contributed by atoms with E-state index >= 15 is 0 Å². The molecule has 2 aromatic carbocycles. The molecule has 0 bridgehead atoms. The summed E-state index contributed by atoms with van der Waals surface area (Å²) in [6.07, 6.45) is 3.28. The highest BCUT2D eigenvalue weighted by atomic mass is 32.2. The van der Waals surface area contributed by atoms with Gasteiger partial charge in [0.1, 0.15) is 16.8 Å². The third-order valence-corrected chi connectivity index (χ3v) is 4.10. The molecule has 3 rings (SSSR count). The van der Waals surface area contributed by atoms with Gasteiger partial charge in [-0.3, -0.25) is 4.79 Å². The number of hydrogen-bond acceptors (Lipinski definition) is 2. The van der Waals surface area contributed by atoms with E-state index in [0.717, 1.165) is 11.1 Å². The first-order chi connectivity index (χ1) is 11.0. The number of anilines is 1. The quantitative estimate of drug-likeness (QED) is 0.802. The highest BCUT2D eigenvalue weighted by molar-refractivity contribution is 7.85. The zero-order chi connectivity index (χ0) is 16.6. The van der Waals surface area contributed by atoms with Crippen molar-refractivity contribution in [2.45, 2.75) is 0 Å². The van der Waals surface area contributed by atoms with Gasteiger partial charge in [0.25, 0.3) is 5.56 Å². The van der Waals surface area contributed by atoms with Gasteiger partial charge in [-0.2, -0.15) is 0 Å². The molecular weight excluding hydrogens is 315 g/mol. The van der Waals surface area contributed by atoms with Crippen molar-refractivity contribution in [2.24, 2.45) is 7.05 Å². The van der Waals surface area contributed by atoms with Crippen molar-refractivity contribution in [1.29, 1.82) is 0 Å². The van der Waals surface area contributed by atoms with Crippen molar-refractivity contribution in [2.75, 3.05) is 11.0 Å². The molecule has 0 aliphatic rings. The summed E-state index contributed by atoms with van der Waals surface area (Å²) < 4.78 is 29.1. The molecule has 0 radical (unpaired) electrons. The Kier molecular flexibility index (Phi) is 4.00. The van der Waals surface area contributed by atoms with Crippen LogP contribution < -0.4 is 10.3 Å². The Labute approximate surface area is 135 Å². The molecule has 118 valence electrons. The SMILES string of the molecule is Cn1cc(-c2cccc(NS(C)=O)c2)c2ccc(F)cc2c1=O. The van der Waals surface area contributed by atoms with E-state index in [-0.39, 0.29) is 5.56 Å². The average molecular weight is 330 g/mol. The normalized spacial score (nSPS) is 12.3. The molecule has 0 saturated carbocycles. The average Bonchev–Trinajstić information content (AvgIpc) is 2.50. The summed E-state index contributed by atoms with van der Waals surface area (Å²) in [4.78, 5) is 12.2. The van der Waals surface area contributed by atoms with Crippen molar-refractivity contribution < 1.29 is 8.60 Å². The van der Waals surface area contributed by atoms with Crippen molar-refractivity contribution in [3.8, 4) is 11.1 Å². The van der Waals surface area contributed by atoms with Gasteiger partial charge in [-0.15, -0.1) is 0 Å². The van der Waals surface area contributed by atoms with Crippen LogP contribution in [-0.2, 0) is 18.0 Å². The second-order valence-electron chi connectivity index (χ2n) is 5.29. The molecule has 1 unspecified atom stereocenters. The predicted octanol–water partition coefficient (Wildman–Crippen LogP) is 3.05. The van der Waals surface area contributed by atoms with E-state index in [2.05, 4.69) is 4.72 Å². The topological polar surface area (TPSA) is 51.1 Å². The van der Waals surface area contributed by atoms with Crippen molar-refractivity contribution in [3.05, 3.63) is 64.8 Å². The third-order valence-electron chi connectivity index (χ3n) is 3.58. The molecule has 1 atom stereocenters. The molecule has 1 aromatic heterocycles. The fourth-order valence-electron chi connectivity index (χ4n) is 2.59. The molecule has 3 aromatic rings. The van der Waals surface area contributed by atoms with E-state index in [1.165, 1.54) is 16.7 Å². The van der Waals surface area contributed by atoms with Crippen molar-refractivity contribution in [1.82, 2.24) is 4.57 Å². The van der Waals surface area contributed by atoms with Gasteiger partial charge < -0.3 is 9.29 Å². The number of fused-ring (bicyclic) bond motifs is 1. The van der Waals surface area contributed by atoms with Crippen molar-refractivity contribution >= 4 is 27.4 Å². The molecule has 0 aliphatic heterocycles. The zero-order valence-electron chi connectivity index (χ0n) is 12.7. The smallest absolute Gasteiger partial charge is 0.258 e. The lowest BCUT2D eigenvalue weighted by Crippen LogP contribution is -2.16. The van der Waals surface area contributed by atoms with Crippen LogP contribution in [0.15, 0.2) is 53.5 Å². The Hall–Kier alpha value is -2.47. The molecule has 4 nitrogen and oxygen atoms in total. The van der Waals surface area contributed by atoms with Gasteiger partial charge in [0.2, 0.25) is 0 Å². The summed E-state index contributed by atoms with van der Waals surface area (Å²) in [5.41, 5.74) is 2.14. The van der Waals surface area contributed by atoms with E-state index in [0.29, 0.717) is 16.5 Å². The van der Waals surface area contributed by atoms with E-state index in [4.69, 9.17) is 0 Å². The summed E-state index contributed by atoms with van der Waals surface area (Å²) in [6, 6.07) is 11.6. The maximum atomic E-state index is 13.5. The minimum atomic E-state index is -1.17. The fourth-order valence-corrected chi connectivity index (χ4v) is 3.05. The Morgan fingerprint density at radius 1 is 1.13 bits per heavy atom. The summed E-state index contributed by atoms with van der Waals surface area (Å²) >= 11 is 0. The standard InChI is InChI=1S/C17H15FN2O2S/c1-20-10-16(11-4-3-5-13(8-11)19-23(2)22)14-7-6-12(18)9-15(14)17(20)21/h3-10,19H,1-2H3. The maximum Gasteiger partial charge on any atom is 0.258 e. The highest BCUT2D eigenvalue weighted by Crippen LogP contribution is 2.29. The van der Waals surface area contributed by atoms with Gasteiger partial charge in [0.15, 0.2) is 0 Å². The molecule has 0 fully saturated rings. The van der Waals surface area contributed by atoms with Crippen LogP contribution in [0, 0.1) is 5.82 Å². The number of pyridine rings is 1. The van der Waals surface area contributed by atoms with E-state index < -0.39 is 16.8 Å². The lowest BCUT2D eigenvalue weighted by atomic mass is 10.00. The van der Waals surface area contributed by atoms with Crippen LogP contribution >= 0.6 is 0 Å². The van der Waals surface area contributed by atoms with Crippen LogP contribution in [0.4, 0.5) is 10.1 Å². The van der Waals surface area contributed by atoms with Gasteiger partial charge in [0.05, 0.1) is 5.39 Å². The number of aryl methyl sites for hydroxylation is 1. The number of benzene rings is 2. The van der Waals surface area contributed by atoms with Crippen LogP contribution in [0.3, 0.4) is 0 Å². The summed E-state index contributed by atoms with van der Waals surface area (Å²) in [7, 11) is 0.464. The number of rotatable bonds is 3. The molecule has 0 amide bonds. The second kappa shape index (κ2) is 5.96. The number of hydrogen-bond donors (Lipinski definition) is 1.